The van der Waals surface area contributed by atoms with Crippen molar-refractivity contribution in [1.29, 1.82) is 0 Å². The summed E-state index contributed by atoms with van der Waals surface area (Å²) in [6.45, 7) is 0. The van der Waals surface area contributed by atoms with Crippen molar-refractivity contribution in [3.8, 4) is 27.9 Å². The van der Waals surface area contributed by atoms with Crippen LogP contribution in [0.25, 0.3) is 49.7 Å². The van der Waals surface area contributed by atoms with E-state index in [1.54, 1.807) is 0 Å². The summed E-state index contributed by atoms with van der Waals surface area (Å²) in [7, 11) is 0. The molecule has 152 valence electrons. The van der Waals surface area contributed by atoms with Gasteiger partial charge in [0.2, 0.25) is 0 Å². The van der Waals surface area contributed by atoms with Crippen LogP contribution in [-0.2, 0) is 0 Å². The number of para-hydroxylation sites is 1. The summed E-state index contributed by atoms with van der Waals surface area (Å²) in [5.74, 6) is 0. The molecule has 32 heavy (non-hydrogen) atoms. The molecule has 0 saturated heterocycles. The summed E-state index contributed by atoms with van der Waals surface area (Å²) >= 11 is 6.11. The quantitative estimate of drug-likeness (QED) is 0.265. The molecule has 0 N–H and O–H groups in total. The van der Waals surface area contributed by atoms with E-state index in [2.05, 4.69) is 108 Å². The Balaban J connectivity index is 1.55. The molecule has 0 spiro atoms. The molecule has 1 heterocycles. The van der Waals surface area contributed by atoms with E-state index in [-0.39, 0.29) is 0 Å². The van der Waals surface area contributed by atoms with E-state index in [9.17, 15) is 0 Å². The standard InChI is InChI=1S/C30H20ClN/c31-25-15-10-23(11-16-25)24-14-19-28-27-8-4-5-9-29(27)32(30(28)20-24)26-17-12-22(13-18-26)21-6-2-1-3-7-21/h1-20H. The Morgan fingerprint density at radius 2 is 1.00 bits per heavy atom. The zero-order valence-corrected chi connectivity index (χ0v) is 18.1. The second-order valence-electron chi connectivity index (χ2n) is 8.00. The lowest BCUT2D eigenvalue weighted by Gasteiger charge is -2.10. The van der Waals surface area contributed by atoms with Gasteiger partial charge in [0.15, 0.2) is 0 Å². The molecule has 6 aromatic rings. The van der Waals surface area contributed by atoms with Crippen molar-refractivity contribution < 1.29 is 0 Å². The first-order chi connectivity index (χ1) is 15.8. The van der Waals surface area contributed by atoms with Crippen LogP contribution in [0.2, 0.25) is 5.02 Å². The number of hydrogen-bond donors (Lipinski definition) is 0. The van der Waals surface area contributed by atoms with E-state index in [0.717, 1.165) is 16.3 Å². The lowest BCUT2D eigenvalue weighted by atomic mass is 10.0. The molecule has 0 atom stereocenters. The first kappa shape index (κ1) is 18.9. The molecule has 0 saturated carbocycles. The maximum atomic E-state index is 6.11. The van der Waals surface area contributed by atoms with E-state index in [4.69, 9.17) is 11.6 Å². The molecule has 0 amide bonds. The zero-order chi connectivity index (χ0) is 21.5. The van der Waals surface area contributed by atoms with Gasteiger partial charge >= 0.3 is 0 Å². The minimum absolute atomic E-state index is 0.752. The van der Waals surface area contributed by atoms with Crippen LogP contribution in [0.15, 0.2) is 121 Å². The van der Waals surface area contributed by atoms with E-state index < -0.39 is 0 Å². The first-order valence-corrected chi connectivity index (χ1v) is 11.1. The van der Waals surface area contributed by atoms with Crippen LogP contribution in [-0.4, -0.2) is 4.57 Å². The summed E-state index contributed by atoms with van der Waals surface area (Å²) in [6.07, 6.45) is 0. The van der Waals surface area contributed by atoms with Gasteiger partial charge in [-0.2, -0.15) is 0 Å². The van der Waals surface area contributed by atoms with Crippen molar-refractivity contribution in [2.24, 2.45) is 0 Å². The highest BCUT2D eigenvalue weighted by atomic mass is 35.5. The van der Waals surface area contributed by atoms with Crippen molar-refractivity contribution in [3.05, 3.63) is 126 Å². The Morgan fingerprint density at radius 3 is 1.78 bits per heavy atom. The second kappa shape index (κ2) is 7.71. The molecule has 1 nitrogen and oxygen atoms in total. The highest BCUT2D eigenvalue weighted by molar-refractivity contribution is 6.30. The summed E-state index contributed by atoms with van der Waals surface area (Å²) < 4.78 is 2.36. The topological polar surface area (TPSA) is 4.93 Å². The number of nitrogens with zero attached hydrogens (tertiary/aromatic N) is 1. The lowest BCUT2D eigenvalue weighted by molar-refractivity contribution is 1.18. The Kier molecular flexibility index (Phi) is 4.56. The minimum Gasteiger partial charge on any atom is -0.309 e. The highest BCUT2D eigenvalue weighted by Gasteiger charge is 2.13. The van der Waals surface area contributed by atoms with Gasteiger partial charge in [0.1, 0.15) is 0 Å². The van der Waals surface area contributed by atoms with Gasteiger partial charge in [0.25, 0.3) is 0 Å². The monoisotopic (exact) mass is 429 g/mol. The molecule has 0 aliphatic heterocycles. The fourth-order valence-corrected chi connectivity index (χ4v) is 4.63. The molecule has 5 aromatic carbocycles. The van der Waals surface area contributed by atoms with Crippen LogP contribution in [0.3, 0.4) is 0 Å². The van der Waals surface area contributed by atoms with Gasteiger partial charge in [-0.15, -0.1) is 0 Å². The maximum absolute atomic E-state index is 6.11. The van der Waals surface area contributed by atoms with Crippen LogP contribution in [0, 0.1) is 0 Å². The van der Waals surface area contributed by atoms with Crippen LogP contribution in [0.5, 0.6) is 0 Å². The van der Waals surface area contributed by atoms with Crippen LogP contribution in [0.4, 0.5) is 0 Å². The fourth-order valence-electron chi connectivity index (χ4n) is 4.50. The molecule has 0 aliphatic carbocycles. The van der Waals surface area contributed by atoms with Crippen molar-refractivity contribution in [2.45, 2.75) is 0 Å². The molecule has 0 unspecified atom stereocenters. The average Bonchev–Trinajstić information content (AvgIpc) is 3.19. The molecular formula is C30H20ClN. The SMILES string of the molecule is Clc1ccc(-c2ccc3c4ccccc4n(-c4ccc(-c5ccccc5)cc4)c3c2)cc1. The van der Waals surface area contributed by atoms with Crippen LogP contribution in [0.1, 0.15) is 0 Å². The normalized spacial score (nSPS) is 11.3. The van der Waals surface area contributed by atoms with Gasteiger partial charge in [-0.05, 0) is 58.7 Å². The van der Waals surface area contributed by atoms with E-state index in [0.29, 0.717) is 0 Å². The van der Waals surface area contributed by atoms with Gasteiger partial charge in [0, 0.05) is 21.5 Å². The highest BCUT2D eigenvalue weighted by Crippen LogP contribution is 2.35. The van der Waals surface area contributed by atoms with Gasteiger partial charge in [0.05, 0.1) is 11.0 Å². The number of hydrogen-bond acceptors (Lipinski definition) is 0. The summed E-state index contributed by atoms with van der Waals surface area (Å²) in [5, 5.41) is 3.27. The summed E-state index contributed by atoms with van der Waals surface area (Å²) in [6, 6.07) is 42.7. The van der Waals surface area contributed by atoms with Gasteiger partial charge < -0.3 is 4.57 Å². The largest absolute Gasteiger partial charge is 0.309 e. The predicted molar refractivity (Wildman–Crippen MR) is 137 cm³/mol. The molecule has 0 fully saturated rings. The molecule has 0 radical (unpaired) electrons. The molecular weight excluding hydrogens is 410 g/mol. The molecule has 0 aliphatic rings. The minimum atomic E-state index is 0.752. The van der Waals surface area contributed by atoms with Crippen molar-refractivity contribution in [2.75, 3.05) is 0 Å². The third kappa shape index (κ3) is 3.19. The van der Waals surface area contributed by atoms with Crippen molar-refractivity contribution in [3.63, 3.8) is 0 Å². The Bertz CT molecular complexity index is 1540. The van der Waals surface area contributed by atoms with Crippen molar-refractivity contribution in [1.82, 2.24) is 4.57 Å². The van der Waals surface area contributed by atoms with Crippen LogP contribution < -0.4 is 0 Å². The fraction of sp³-hybridized carbons (Fsp3) is 0. The molecule has 0 bridgehead atoms. The number of halogens is 1. The number of benzene rings is 5. The Labute approximate surface area is 192 Å². The molecule has 1 aromatic heterocycles. The summed E-state index contributed by atoms with van der Waals surface area (Å²) in [5.41, 5.74) is 8.35. The molecule has 2 heteroatoms. The Morgan fingerprint density at radius 1 is 0.438 bits per heavy atom. The third-order valence-electron chi connectivity index (χ3n) is 6.08. The summed E-state index contributed by atoms with van der Waals surface area (Å²) in [4.78, 5) is 0. The second-order valence-corrected chi connectivity index (χ2v) is 8.44. The molecule has 6 rings (SSSR count). The van der Waals surface area contributed by atoms with Gasteiger partial charge in [-0.3, -0.25) is 0 Å². The smallest absolute Gasteiger partial charge is 0.0547 e. The third-order valence-corrected chi connectivity index (χ3v) is 6.34. The predicted octanol–water partition coefficient (Wildman–Crippen LogP) is 8.77. The van der Waals surface area contributed by atoms with E-state index in [1.165, 1.54) is 38.5 Å². The zero-order valence-electron chi connectivity index (χ0n) is 17.4. The maximum Gasteiger partial charge on any atom is 0.0547 e. The average molecular weight is 430 g/mol. The lowest BCUT2D eigenvalue weighted by Crippen LogP contribution is -1.94. The number of aromatic nitrogens is 1. The van der Waals surface area contributed by atoms with Crippen molar-refractivity contribution >= 4 is 33.4 Å². The van der Waals surface area contributed by atoms with E-state index >= 15 is 0 Å². The number of fused-ring (bicyclic) bond motifs is 3. The number of rotatable bonds is 3. The van der Waals surface area contributed by atoms with Crippen LogP contribution >= 0.6 is 11.6 Å². The van der Waals surface area contributed by atoms with Gasteiger partial charge in [-0.25, -0.2) is 0 Å². The van der Waals surface area contributed by atoms with E-state index in [1.807, 2.05) is 18.2 Å². The first-order valence-electron chi connectivity index (χ1n) is 10.7. The van der Waals surface area contributed by atoms with Gasteiger partial charge in [-0.1, -0.05) is 96.5 Å². The Hall–Kier alpha value is -3.81.